The summed E-state index contributed by atoms with van der Waals surface area (Å²) in [5.74, 6) is 0. The third-order valence-electron chi connectivity index (χ3n) is 1.57. The van der Waals surface area contributed by atoms with E-state index >= 15 is 0 Å². The molecule has 0 unspecified atom stereocenters. The molecule has 0 fully saturated rings. The fraction of sp³-hybridized carbons (Fsp3) is 1.00. The molecule has 6 nitrogen and oxygen atoms in total. The summed E-state index contributed by atoms with van der Waals surface area (Å²) in [6.07, 6.45) is -5.91. The summed E-state index contributed by atoms with van der Waals surface area (Å²) in [6, 6.07) is 0. The van der Waals surface area contributed by atoms with Gasteiger partial charge >= 0.3 is 0 Å². The van der Waals surface area contributed by atoms with Gasteiger partial charge in [0.15, 0.2) is 0 Å². The first-order valence-electron chi connectivity index (χ1n) is 3.57. The van der Waals surface area contributed by atoms with Crippen molar-refractivity contribution >= 4 is 24.0 Å². The van der Waals surface area contributed by atoms with Gasteiger partial charge in [0.25, 0.3) is 0 Å². The molecule has 0 aromatic heterocycles. The first kappa shape index (κ1) is 15.9. The van der Waals surface area contributed by atoms with E-state index in [2.05, 4.69) is 0 Å². The summed E-state index contributed by atoms with van der Waals surface area (Å²) in [7, 11) is 0. The maximum Gasteiger partial charge on any atom is 0.111 e. The van der Waals surface area contributed by atoms with Crippen LogP contribution in [0.5, 0.6) is 0 Å². The Balaban J connectivity index is 0. The Morgan fingerprint density at radius 2 is 1.31 bits per heavy atom. The average molecular weight is 309 g/mol. The molecule has 0 aromatic carbocycles. The van der Waals surface area contributed by atoms with Crippen LogP contribution in [0.3, 0.4) is 0 Å². The van der Waals surface area contributed by atoms with Gasteiger partial charge < -0.3 is 31.3 Å². The zero-order valence-corrected chi connectivity index (χ0v) is 9.28. The largest absolute Gasteiger partial charge is 0.394 e. The molecule has 0 radical (unpaired) electrons. The molecule has 7 heteroatoms. The zero-order valence-electron chi connectivity index (χ0n) is 6.95. The fourth-order valence-electron chi connectivity index (χ4n) is 0.703. The summed E-state index contributed by atoms with van der Waals surface area (Å²) in [4.78, 5) is 0. The highest BCUT2D eigenvalue weighted by molar-refractivity contribution is 14.0. The highest BCUT2D eigenvalue weighted by Crippen LogP contribution is 2.03. The van der Waals surface area contributed by atoms with Gasteiger partial charge in [-0.1, -0.05) is 0 Å². The van der Waals surface area contributed by atoms with Gasteiger partial charge in [-0.25, -0.2) is 0 Å². The summed E-state index contributed by atoms with van der Waals surface area (Å²) in [5.41, 5.74) is 4.99. The Kier molecular flexibility index (Phi) is 9.63. The molecule has 0 aliphatic carbocycles. The Labute approximate surface area is 93.0 Å². The van der Waals surface area contributed by atoms with Crippen molar-refractivity contribution in [3.05, 3.63) is 0 Å². The van der Waals surface area contributed by atoms with Gasteiger partial charge in [0.05, 0.1) is 12.7 Å². The second kappa shape index (κ2) is 7.85. The van der Waals surface area contributed by atoms with Crippen LogP contribution in [0.1, 0.15) is 0 Å². The van der Waals surface area contributed by atoms with E-state index in [0.717, 1.165) is 0 Å². The number of hydrogen-bond donors (Lipinski definition) is 6. The molecule has 0 rings (SSSR count). The first-order chi connectivity index (χ1) is 5.54. The lowest BCUT2D eigenvalue weighted by molar-refractivity contribution is -0.112. The summed E-state index contributed by atoms with van der Waals surface area (Å²) < 4.78 is 0. The van der Waals surface area contributed by atoms with Crippen LogP contribution in [0.25, 0.3) is 0 Å². The number of aliphatic hydroxyl groups excluding tert-OH is 5. The van der Waals surface area contributed by atoms with Crippen molar-refractivity contribution in [2.45, 2.75) is 24.4 Å². The van der Waals surface area contributed by atoms with Crippen molar-refractivity contribution in [1.82, 2.24) is 0 Å². The van der Waals surface area contributed by atoms with Crippen molar-refractivity contribution in [1.29, 1.82) is 0 Å². The van der Waals surface area contributed by atoms with Gasteiger partial charge in [-0.3, -0.25) is 0 Å². The lowest BCUT2D eigenvalue weighted by Gasteiger charge is -2.24. The van der Waals surface area contributed by atoms with Crippen LogP contribution in [0.15, 0.2) is 0 Å². The standard InChI is InChI=1S/C6H15NO5.HI/c7-1-3(9)5(11)6(12)4(10)2-8;/h3-6,8-12H,1-2,7H2;1H/t3-,4+,5+,6+;/m1./s1. The monoisotopic (exact) mass is 309 g/mol. The molecule has 0 heterocycles. The predicted molar refractivity (Wildman–Crippen MR) is 55.6 cm³/mol. The Hall–Kier alpha value is 0.490. The molecule has 0 saturated heterocycles. The maximum absolute atomic E-state index is 9.04. The zero-order chi connectivity index (χ0) is 9.72. The van der Waals surface area contributed by atoms with Gasteiger partial charge in [-0.2, -0.15) is 0 Å². The summed E-state index contributed by atoms with van der Waals surface area (Å²) >= 11 is 0. The summed E-state index contributed by atoms with van der Waals surface area (Å²) in [5, 5.41) is 44.2. The third-order valence-corrected chi connectivity index (χ3v) is 1.57. The minimum atomic E-state index is -1.59. The normalized spacial score (nSPS) is 19.8. The third kappa shape index (κ3) is 5.05. The molecule has 0 bridgehead atoms. The molecule has 4 atom stereocenters. The van der Waals surface area contributed by atoms with Crippen molar-refractivity contribution in [3.8, 4) is 0 Å². The highest BCUT2D eigenvalue weighted by atomic mass is 127. The van der Waals surface area contributed by atoms with Crippen LogP contribution in [-0.2, 0) is 0 Å². The van der Waals surface area contributed by atoms with Gasteiger partial charge in [-0.15, -0.1) is 24.0 Å². The fourth-order valence-corrected chi connectivity index (χ4v) is 0.703. The van der Waals surface area contributed by atoms with Crippen LogP contribution < -0.4 is 5.73 Å². The van der Waals surface area contributed by atoms with Gasteiger partial charge in [0, 0.05) is 6.54 Å². The van der Waals surface area contributed by atoms with E-state index in [0.29, 0.717) is 0 Å². The van der Waals surface area contributed by atoms with E-state index in [4.69, 9.17) is 31.3 Å². The maximum atomic E-state index is 9.04. The highest BCUT2D eigenvalue weighted by Gasteiger charge is 2.28. The van der Waals surface area contributed by atoms with Crippen molar-refractivity contribution in [2.24, 2.45) is 5.73 Å². The van der Waals surface area contributed by atoms with Crippen LogP contribution in [0.2, 0.25) is 0 Å². The Morgan fingerprint density at radius 3 is 1.62 bits per heavy atom. The molecule has 0 aliphatic rings. The van der Waals surface area contributed by atoms with Crippen LogP contribution in [0.4, 0.5) is 0 Å². The minimum absolute atomic E-state index is 0. The van der Waals surface area contributed by atoms with Gasteiger partial charge in [0.2, 0.25) is 0 Å². The average Bonchev–Trinajstić information content (AvgIpc) is 2.12. The van der Waals surface area contributed by atoms with Crippen LogP contribution >= 0.6 is 24.0 Å². The van der Waals surface area contributed by atoms with Crippen LogP contribution in [-0.4, -0.2) is 63.1 Å². The molecule has 7 N–H and O–H groups in total. The van der Waals surface area contributed by atoms with E-state index in [1.54, 1.807) is 0 Å². The Bertz CT molecular complexity index is 114. The number of hydrogen-bond acceptors (Lipinski definition) is 6. The second-order valence-electron chi connectivity index (χ2n) is 2.53. The Morgan fingerprint density at radius 1 is 0.923 bits per heavy atom. The van der Waals surface area contributed by atoms with Crippen molar-refractivity contribution in [2.75, 3.05) is 13.2 Å². The van der Waals surface area contributed by atoms with Gasteiger partial charge in [0.1, 0.15) is 18.3 Å². The molecule has 13 heavy (non-hydrogen) atoms. The quantitative estimate of drug-likeness (QED) is 0.301. The number of aliphatic hydroxyl groups is 5. The number of rotatable bonds is 5. The topological polar surface area (TPSA) is 127 Å². The SMILES string of the molecule is I.NC[C@@H](O)[C@H](O)[C@@H](O)[C@@H](O)CO. The molecular weight excluding hydrogens is 293 g/mol. The molecule has 0 aromatic rings. The minimum Gasteiger partial charge on any atom is -0.394 e. The molecule has 0 amide bonds. The second-order valence-corrected chi connectivity index (χ2v) is 2.53. The van der Waals surface area contributed by atoms with E-state index in [9.17, 15) is 0 Å². The predicted octanol–water partition coefficient (Wildman–Crippen LogP) is -3.00. The molecule has 82 valence electrons. The number of halogens is 1. The van der Waals surface area contributed by atoms with E-state index in [-0.39, 0.29) is 30.5 Å². The smallest absolute Gasteiger partial charge is 0.111 e. The molecule has 0 spiro atoms. The van der Waals surface area contributed by atoms with E-state index in [1.165, 1.54) is 0 Å². The summed E-state index contributed by atoms with van der Waals surface area (Å²) in [6.45, 7) is -0.911. The molecule has 0 aliphatic heterocycles. The molecule has 0 saturated carbocycles. The van der Waals surface area contributed by atoms with Crippen molar-refractivity contribution in [3.63, 3.8) is 0 Å². The lowest BCUT2D eigenvalue weighted by Crippen LogP contribution is -2.48. The number of nitrogens with two attached hydrogens (primary N) is 1. The van der Waals surface area contributed by atoms with Gasteiger partial charge in [-0.05, 0) is 0 Å². The first-order valence-corrected chi connectivity index (χ1v) is 3.57. The van der Waals surface area contributed by atoms with Crippen molar-refractivity contribution < 1.29 is 25.5 Å². The lowest BCUT2D eigenvalue weighted by atomic mass is 10.0. The van der Waals surface area contributed by atoms with E-state index in [1.807, 2.05) is 0 Å². The van der Waals surface area contributed by atoms with Crippen LogP contribution in [0, 0.1) is 0 Å². The molecular formula is C6H16INO5. The van der Waals surface area contributed by atoms with E-state index < -0.39 is 31.0 Å².